The van der Waals surface area contributed by atoms with Crippen LogP contribution in [0.3, 0.4) is 0 Å². The first kappa shape index (κ1) is 34.8. The summed E-state index contributed by atoms with van der Waals surface area (Å²) < 4.78 is 19.6. The molecule has 0 aromatic carbocycles. The van der Waals surface area contributed by atoms with E-state index in [2.05, 4.69) is 39.8 Å². The van der Waals surface area contributed by atoms with Gasteiger partial charge >= 0.3 is 5.97 Å². The van der Waals surface area contributed by atoms with Crippen molar-refractivity contribution in [3.05, 3.63) is 58.7 Å². The van der Waals surface area contributed by atoms with Gasteiger partial charge in [0, 0.05) is 25.2 Å². The Bertz CT molecular complexity index is 1210. The third kappa shape index (κ3) is 7.32. The van der Waals surface area contributed by atoms with Gasteiger partial charge in [0.1, 0.15) is 29.8 Å². The standard InChI is InChI=1S/C36H54O8/c1-20(2)14-24(6)32-26(8)30(37)19-35(44-32)18-28-17-27(43-35)13-12-22(4)15-21(3)10-9-11-25(7)36(41)29(34(40)42-28)16-23(5)31(38)33(36)39/h9-12,14,16,20-21,26-33,37-39,41H,13,15,17-19H2,1-8H3/b10-9+,22-12+,24-14+,25-11+/t21-,26-,27+,28-,29-,30-,31+,32+,33+,35-,36+/m0/s1. The molecule has 4 aliphatic rings. The molecular formula is C36H54O8. The topological polar surface area (TPSA) is 126 Å². The van der Waals surface area contributed by atoms with Crippen LogP contribution in [-0.4, -0.2) is 74.4 Å². The maximum Gasteiger partial charge on any atom is 0.316 e. The van der Waals surface area contributed by atoms with E-state index in [0.717, 1.165) is 12.0 Å². The van der Waals surface area contributed by atoms with Crippen molar-refractivity contribution in [3.63, 3.8) is 0 Å². The van der Waals surface area contributed by atoms with Gasteiger partial charge in [-0.1, -0.05) is 69.7 Å². The average molecular weight is 615 g/mol. The number of allylic oxidation sites excluding steroid dienone is 5. The summed E-state index contributed by atoms with van der Waals surface area (Å²) in [6, 6.07) is 0. The first-order valence-corrected chi connectivity index (χ1v) is 16.3. The molecule has 1 aliphatic carbocycles. The molecule has 2 saturated heterocycles. The highest BCUT2D eigenvalue weighted by atomic mass is 16.7. The van der Waals surface area contributed by atoms with Gasteiger partial charge in [-0.05, 0) is 69.1 Å². The van der Waals surface area contributed by atoms with Gasteiger partial charge in [-0.3, -0.25) is 4.79 Å². The van der Waals surface area contributed by atoms with Crippen LogP contribution >= 0.6 is 0 Å². The quantitative estimate of drug-likeness (QED) is 0.251. The van der Waals surface area contributed by atoms with Crippen molar-refractivity contribution in [3.8, 4) is 0 Å². The van der Waals surface area contributed by atoms with Gasteiger partial charge in [-0.2, -0.15) is 0 Å². The van der Waals surface area contributed by atoms with Crippen LogP contribution in [0, 0.1) is 23.7 Å². The maximum absolute atomic E-state index is 14.0. The number of fused-ring (bicyclic) bond motifs is 3. The predicted molar refractivity (Wildman–Crippen MR) is 169 cm³/mol. The van der Waals surface area contributed by atoms with Crippen LogP contribution < -0.4 is 0 Å². The summed E-state index contributed by atoms with van der Waals surface area (Å²) in [7, 11) is 0. The van der Waals surface area contributed by atoms with Crippen molar-refractivity contribution < 1.29 is 39.4 Å². The Morgan fingerprint density at radius 2 is 1.77 bits per heavy atom. The van der Waals surface area contributed by atoms with Crippen molar-refractivity contribution in [2.75, 3.05) is 0 Å². The Morgan fingerprint density at radius 1 is 1.07 bits per heavy atom. The molecule has 2 bridgehead atoms. The Balaban J connectivity index is 1.75. The lowest BCUT2D eigenvalue weighted by atomic mass is 9.69. The molecule has 3 heterocycles. The number of aliphatic hydroxyl groups is 4. The van der Waals surface area contributed by atoms with Gasteiger partial charge in [0.2, 0.25) is 0 Å². The fraction of sp³-hybridized carbons (Fsp3) is 0.694. The number of aliphatic hydroxyl groups excluding tert-OH is 3. The van der Waals surface area contributed by atoms with E-state index in [9.17, 15) is 25.2 Å². The minimum Gasteiger partial charge on any atom is -0.462 e. The third-order valence-corrected chi connectivity index (χ3v) is 9.88. The SMILES string of the molecule is CC1=C[C@H]2C(=O)O[C@H]3C[C@@H](C/C=C(\C)C[C@@H](C)/C=C/C=C(\C)[C@]2(O)[C@H](O)[C@@H]1O)O[C@]1(C3)C[C@H](O)[C@H](C)[C@@H](/C(C)=C/C(C)C)O1. The van der Waals surface area contributed by atoms with E-state index in [1.54, 1.807) is 19.9 Å². The highest BCUT2D eigenvalue weighted by Gasteiger charge is 2.56. The molecule has 0 unspecified atom stereocenters. The molecule has 8 nitrogen and oxygen atoms in total. The van der Waals surface area contributed by atoms with Crippen LogP contribution in [0.1, 0.15) is 87.5 Å². The Kier molecular flexibility index (Phi) is 10.9. The van der Waals surface area contributed by atoms with Crippen molar-refractivity contribution in [1.29, 1.82) is 0 Å². The molecule has 0 aromatic rings. The summed E-state index contributed by atoms with van der Waals surface area (Å²) in [5.74, 6) is -2.74. The Labute approximate surface area is 263 Å². The number of hydrogen-bond donors (Lipinski definition) is 4. The number of carbonyl (C=O) groups is 1. The summed E-state index contributed by atoms with van der Waals surface area (Å²) in [6.45, 7) is 15.7. The van der Waals surface area contributed by atoms with Crippen molar-refractivity contribution in [2.24, 2.45) is 23.7 Å². The second kappa shape index (κ2) is 13.7. The van der Waals surface area contributed by atoms with Gasteiger partial charge in [-0.25, -0.2) is 0 Å². The first-order chi connectivity index (χ1) is 20.6. The van der Waals surface area contributed by atoms with Gasteiger partial charge < -0.3 is 34.6 Å². The minimum absolute atomic E-state index is 0.143. The second-order valence-corrected chi connectivity index (χ2v) is 14.3. The van der Waals surface area contributed by atoms with Crippen LogP contribution in [0.15, 0.2) is 58.7 Å². The summed E-state index contributed by atoms with van der Waals surface area (Å²) in [5.41, 5.74) is 0.890. The number of rotatable bonds is 2. The summed E-state index contributed by atoms with van der Waals surface area (Å²) in [4.78, 5) is 14.0. The zero-order valence-electron chi connectivity index (χ0n) is 27.7. The van der Waals surface area contributed by atoms with E-state index in [-0.39, 0.29) is 36.9 Å². The number of ether oxygens (including phenoxy) is 3. The molecular weight excluding hydrogens is 560 g/mol. The summed E-state index contributed by atoms with van der Waals surface area (Å²) in [5, 5.41) is 45.1. The molecule has 246 valence electrons. The highest BCUT2D eigenvalue weighted by molar-refractivity contribution is 5.78. The van der Waals surface area contributed by atoms with Crippen molar-refractivity contribution in [1.82, 2.24) is 0 Å². The van der Waals surface area contributed by atoms with Crippen LogP contribution in [0.2, 0.25) is 0 Å². The lowest BCUT2D eigenvalue weighted by Gasteiger charge is -2.51. The molecule has 0 radical (unpaired) electrons. The van der Waals surface area contributed by atoms with E-state index >= 15 is 0 Å². The third-order valence-electron chi connectivity index (χ3n) is 9.88. The highest BCUT2D eigenvalue weighted by Crippen LogP contribution is 2.46. The smallest absolute Gasteiger partial charge is 0.316 e. The van der Waals surface area contributed by atoms with E-state index in [4.69, 9.17) is 14.2 Å². The Morgan fingerprint density at radius 3 is 2.45 bits per heavy atom. The fourth-order valence-corrected chi connectivity index (χ4v) is 7.43. The number of hydrogen-bond acceptors (Lipinski definition) is 8. The molecule has 4 N–H and O–H groups in total. The number of carbonyl (C=O) groups excluding carboxylic acids is 1. The van der Waals surface area contributed by atoms with E-state index < -0.39 is 47.7 Å². The molecule has 0 aromatic heterocycles. The van der Waals surface area contributed by atoms with Gasteiger partial charge in [0.05, 0.1) is 18.3 Å². The van der Waals surface area contributed by atoms with Gasteiger partial charge in [-0.15, -0.1) is 0 Å². The van der Waals surface area contributed by atoms with Gasteiger partial charge in [0.25, 0.3) is 0 Å². The van der Waals surface area contributed by atoms with Crippen molar-refractivity contribution >= 4 is 5.97 Å². The fourth-order valence-electron chi connectivity index (χ4n) is 7.43. The molecule has 2 fully saturated rings. The lowest BCUT2D eigenvalue weighted by Crippen LogP contribution is -2.60. The molecule has 1 spiro atoms. The predicted octanol–water partition coefficient (Wildman–Crippen LogP) is 5.07. The largest absolute Gasteiger partial charge is 0.462 e. The first-order valence-electron chi connectivity index (χ1n) is 16.3. The zero-order valence-corrected chi connectivity index (χ0v) is 27.7. The van der Waals surface area contributed by atoms with Crippen molar-refractivity contribution in [2.45, 2.75) is 136 Å². The number of esters is 1. The lowest BCUT2D eigenvalue weighted by molar-refractivity contribution is -0.343. The van der Waals surface area contributed by atoms with Crippen LogP contribution in [0.4, 0.5) is 0 Å². The molecule has 3 aliphatic heterocycles. The molecule has 44 heavy (non-hydrogen) atoms. The summed E-state index contributed by atoms with van der Waals surface area (Å²) >= 11 is 0. The normalized spacial score (nSPS) is 45.8. The molecule has 8 heteroatoms. The average Bonchev–Trinajstić information content (AvgIpc) is 2.93. The second-order valence-electron chi connectivity index (χ2n) is 14.3. The van der Waals surface area contributed by atoms with Crippen LogP contribution in [-0.2, 0) is 19.0 Å². The van der Waals surface area contributed by atoms with E-state index in [1.807, 2.05) is 26.0 Å². The molecule has 0 amide bonds. The zero-order chi connectivity index (χ0) is 32.6. The van der Waals surface area contributed by atoms with Crippen LogP contribution in [0.25, 0.3) is 0 Å². The van der Waals surface area contributed by atoms with E-state index in [0.29, 0.717) is 29.9 Å². The van der Waals surface area contributed by atoms with Gasteiger partial charge in [0.15, 0.2) is 5.79 Å². The maximum atomic E-state index is 14.0. The molecule has 11 atom stereocenters. The summed E-state index contributed by atoms with van der Waals surface area (Å²) in [6.07, 6.45) is 8.70. The monoisotopic (exact) mass is 614 g/mol. The molecule has 4 rings (SSSR count). The minimum atomic E-state index is -2.07. The Hall–Kier alpha value is -2.07. The van der Waals surface area contributed by atoms with Crippen LogP contribution in [0.5, 0.6) is 0 Å². The molecule has 0 saturated carbocycles. The van der Waals surface area contributed by atoms with E-state index in [1.165, 1.54) is 11.6 Å².